The second-order valence-electron chi connectivity index (χ2n) is 5.04. The minimum Gasteiger partial charge on any atom is -0.396 e. The maximum absolute atomic E-state index is 9.13. The van der Waals surface area contributed by atoms with E-state index in [0.29, 0.717) is 6.04 Å². The van der Waals surface area contributed by atoms with E-state index in [0.717, 1.165) is 19.5 Å². The van der Waals surface area contributed by atoms with Gasteiger partial charge in [0.1, 0.15) is 0 Å². The van der Waals surface area contributed by atoms with Crippen LogP contribution in [0.1, 0.15) is 36.6 Å². The van der Waals surface area contributed by atoms with Crippen molar-refractivity contribution >= 4 is 11.6 Å². The van der Waals surface area contributed by atoms with Crippen LogP contribution in [0.15, 0.2) is 30.3 Å². The number of piperidine rings is 1. The number of aliphatic hydroxyl groups is 1. The van der Waals surface area contributed by atoms with Crippen molar-refractivity contribution in [2.24, 2.45) is 0 Å². The molecule has 1 saturated heterocycles. The molecule has 0 aliphatic carbocycles. The summed E-state index contributed by atoms with van der Waals surface area (Å²) in [6.07, 6.45) is 4.59. The van der Waals surface area contributed by atoms with E-state index in [9.17, 15) is 0 Å². The maximum Gasteiger partial charge on any atom is 0.0712 e. The smallest absolute Gasteiger partial charge is 0.0712 e. The highest BCUT2D eigenvalue weighted by Crippen LogP contribution is 2.26. The van der Waals surface area contributed by atoms with Crippen LogP contribution in [0.25, 0.3) is 0 Å². The van der Waals surface area contributed by atoms with Gasteiger partial charge in [0.25, 0.3) is 0 Å². The van der Waals surface area contributed by atoms with Crippen molar-refractivity contribution < 1.29 is 5.11 Å². The third-order valence-corrected chi connectivity index (χ3v) is 4.16. The molecule has 0 aromatic heterocycles. The fourth-order valence-corrected chi connectivity index (χ4v) is 3.07. The Morgan fingerprint density at radius 2 is 2.06 bits per heavy atom. The average molecular weight is 268 g/mol. The van der Waals surface area contributed by atoms with Crippen LogP contribution in [-0.2, 0) is 0 Å². The molecule has 0 radical (unpaired) electrons. The number of likely N-dealkylation sites (tertiary alicyclic amines) is 1. The van der Waals surface area contributed by atoms with Gasteiger partial charge in [-0.3, -0.25) is 4.90 Å². The molecule has 2 nitrogen and oxygen atoms in total. The Kier molecular flexibility index (Phi) is 5.48. The predicted molar refractivity (Wildman–Crippen MR) is 76.0 cm³/mol. The molecule has 2 atom stereocenters. The van der Waals surface area contributed by atoms with Crippen LogP contribution in [0.3, 0.4) is 0 Å². The molecule has 1 aliphatic rings. The normalized spacial score (nSPS) is 22.9. The molecule has 2 unspecified atom stereocenters. The van der Waals surface area contributed by atoms with Crippen LogP contribution in [-0.4, -0.2) is 35.7 Å². The zero-order valence-electron chi connectivity index (χ0n) is 10.8. The molecule has 0 saturated carbocycles. The largest absolute Gasteiger partial charge is 0.396 e. The van der Waals surface area contributed by atoms with Crippen LogP contribution in [0.2, 0.25) is 0 Å². The van der Waals surface area contributed by atoms with E-state index in [2.05, 4.69) is 17.0 Å². The lowest BCUT2D eigenvalue weighted by atomic mass is 9.99. The summed E-state index contributed by atoms with van der Waals surface area (Å²) in [5, 5.41) is 9.17. The maximum atomic E-state index is 9.13. The van der Waals surface area contributed by atoms with Crippen LogP contribution in [0.5, 0.6) is 0 Å². The highest BCUT2D eigenvalue weighted by Gasteiger charge is 2.24. The van der Waals surface area contributed by atoms with Gasteiger partial charge < -0.3 is 5.11 Å². The van der Waals surface area contributed by atoms with Gasteiger partial charge in [0, 0.05) is 19.2 Å². The number of alkyl halides is 1. The molecule has 3 heteroatoms. The summed E-state index contributed by atoms with van der Waals surface area (Å²) in [5.41, 5.74) is 1.19. The van der Waals surface area contributed by atoms with Crippen LogP contribution < -0.4 is 0 Å². The first kappa shape index (κ1) is 13.9. The van der Waals surface area contributed by atoms with Crippen molar-refractivity contribution in [2.45, 2.75) is 37.1 Å². The Bertz CT molecular complexity index is 342. The number of rotatable bonds is 5. The summed E-state index contributed by atoms with van der Waals surface area (Å²) in [6.45, 7) is 2.27. The number of benzene rings is 1. The van der Waals surface area contributed by atoms with Gasteiger partial charge in [0.05, 0.1) is 5.38 Å². The standard InChI is InChI=1S/C15H22ClNO/c16-15(13-6-2-1-3-7-13)12-17-10-5-4-8-14(17)9-11-18/h1-3,6-7,14-15,18H,4-5,8-12H2. The van der Waals surface area contributed by atoms with Crippen LogP contribution in [0, 0.1) is 0 Å². The van der Waals surface area contributed by atoms with E-state index in [1.165, 1.54) is 24.8 Å². The van der Waals surface area contributed by atoms with E-state index >= 15 is 0 Å². The summed E-state index contributed by atoms with van der Waals surface area (Å²) in [7, 11) is 0. The molecule has 1 fully saturated rings. The first-order valence-electron chi connectivity index (χ1n) is 6.85. The minimum absolute atomic E-state index is 0.0468. The predicted octanol–water partition coefficient (Wildman–Crippen LogP) is 3.20. The molecule has 0 bridgehead atoms. The minimum atomic E-state index is 0.0468. The number of halogens is 1. The number of aliphatic hydroxyl groups excluding tert-OH is 1. The highest BCUT2D eigenvalue weighted by molar-refractivity contribution is 6.21. The second-order valence-corrected chi connectivity index (χ2v) is 5.56. The SMILES string of the molecule is OCCC1CCCCN1CC(Cl)c1ccccc1. The Hall–Kier alpha value is -0.570. The molecule has 1 N–H and O–H groups in total. The average Bonchev–Trinajstić information content (AvgIpc) is 2.42. The molecular weight excluding hydrogens is 246 g/mol. The van der Waals surface area contributed by atoms with E-state index in [1.807, 2.05) is 18.2 Å². The molecule has 2 rings (SSSR count). The third-order valence-electron chi connectivity index (χ3n) is 3.77. The van der Waals surface area contributed by atoms with Gasteiger partial charge >= 0.3 is 0 Å². The van der Waals surface area contributed by atoms with Gasteiger partial charge in [0.2, 0.25) is 0 Å². The molecule has 1 aromatic carbocycles. The van der Waals surface area contributed by atoms with Crippen LogP contribution >= 0.6 is 11.6 Å². The summed E-state index contributed by atoms with van der Waals surface area (Å²) in [5.74, 6) is 0. The lowest BCUT2D eigenvalue weighted by Gasteiger charge is -2.36. The van der Waals surface area contributed by atoms with E-state index in [1.54, 1.807) is 0 Å². The fourth-order valence-electron chi connectivity index (χ4n) is 2.75. The number of hydrogen-bond acceptors (Lipinski definition) is 2. The first-order valence-corrected chi connectivity index (χ1v) is 7.29. The zero-order valence-corrected chi connectivity index (χ0v) is 11.5. The molecular formula is C15H22ClNO. The van der Waals surface area contributed by atoms with Gasteiger partial charge in [-0.25, -0.2) is 0 Å². The monoisotopic (exact) mass is 267 g/mol. The van der Waals surface area contributed by atoms with Crippen molar-refractivity contribution in [1.82, 2.24) is 4.90 Å². The van der Waals surface area contributed by atoms with Gasteiger partial charge in [-0.05, 0) is 31.4 Å². The molecule has 1 aromatic rings. The van der Waals surface area contributed by atoms with Crippen molar-refractivity contribution in [3.63, 3.8) is 0 Å². The summed E-state index contributed by atoms with van der Waals surface area (Å²) in [4.78, 5) is 2.45. The quantitative estimate of drug-likeness (QED) is 0.828. The third kappa shape index (κ3) is 3.71. The second kappa shape index (κ2) is 7.13. The topological polar surface area (TPSA) is 23.5 Å². The van der Waals surface area contributed by atoms with Crippen LogP contribution in [0.4, 0.5) is 0 Å². The summed E-state index contributed by atoms with van der Waals surface area (Å²) >= 11 is 6.50. The van der Waals surface area contributed by atoms with Crippen molar-refractivity contribution in [3.05, 3.63) is 35.9 Å². The Labute approximate surface area is 115 Å². The Morgan fingerprint density at radius 3 is 2.78 bits per heavy atom. The van der Waals surface area contributed by atoms with Crippen molar-refractivity contribution in [2.75, 3.05) is 19.7 Å². The molecule has 1 heterocycles. The summed E-state index contributed by atoms with van der Waals surface area (Å²) in [6, 6.07) is 10.8. The molecule has 1 aliphatic heterocycles. The van der Waals surface area contributed by atoms with Crippen molar-refractivity contribution in [3.8, 4) is 0 Å². The first-order chi connectivity index (χ1) is 8.81. The molecule has 18 heavy (non-hydrogen) atoms. The Balaban J connectivity index is 1.94. The van der Waals surface area contributed by atoms with Gasteiger partial charge in [-0.15, -0.1) is 11.6 Å². The molecule has 0 spiro atoms. The fraction of sp³-hybridized carbons (Fsp3) is 0.600. The van der Waals surface area contributed by atoms with E-state index in [4.69, 9.17) is 16.7 Å². The van der Waals surface area contributed by atoms with Gasteiger partial charge in [-0.1, -0.05) is 36.8 Å². The number of hydrogen-bond donors (Lipinski definition) is 1. The van der Waals surface area contributed by atoms with Gasteiger partial charge in [-0.2, -0.15) is 0 Å². The Morgan fingerprint density at radius 1 is 1.28 bits per heavy atom. The van der Waals surface area contributed by atoms with E-state index in [-0.39, 0.29) is 12.0 Å². The number of nitrogens with zero attached hydrogens (tertiary/aromatic N) is 1. The van der Waals surface area contributed by atoms with Crippen molar-refractivity contribution in [1.29, 1.82) is 0 Å². The zero-order chi connectivity index (χ0) is 12.8. The lowest BCUT2D eigenvalue weighted by Crippen LogP contribution is -2.41. The van der Waals surface area contributed by atoms with Gasteiger partial charge in [0.15, 0.2) is 0 Å². The van der Waals surface area contributed by atoms with E-state index < -0.39 is 0 Å². The molecule has 100 valence electrons. The summed E-state index contributed by atoms with van der Waals surface area (Å²) < 4.78 is 0. The molecule has 0 amide bonds. The highest BCUT2D eigenvalue weighted by atomic mass is 35.5. The lowest BCUT2D eigenvalue weighted by molar-refractivity contribution is 0.119.